The number of benzene rings is 2. The van der Waals surface area contributed by atoms with E-state index in [0.717, 1.165) is 30.8 Å². The molecule has 0 aliphatic carbocycles. The van der Waals surface area contributed by atoms with E-state index in [0.29, 0.717) is 0 Å². The topological polar surface area (TPSA) is 34.1 Å². The summed E-state index contributed by atoms with van der Waals surface area (Å²) in [5.74, 6) is 0. The van der Waals surface area contributed by atoms with Crippen molar-refractivity contribution >= 4 is 13.5 Å². The van der Waals surface area contributed by atoms with E-state index in [1.54, 1.807) is 0 Å². The van der Waals surface area contributed by atoms with Crippen LogP contribution in [-0.4, -0.2) is 0 Å². The first-order valence-corrected chi connectivity index (χ1v) is 15.0. The van der Waals surface area contributed by atoms with Crippen LogP contribution < -0.4 is 13.5 Å². The van der Waals surface area contributed by atoms with Gasteiger partial charge in [-0.05, 0) is 0 Å². The summed E-state index contributed by atoms with van der Waals surface area (Å²) >= 11 is -2.89. The normalized spacial score (nSPS) is 12.1. The second-order valence-corrected chi connectivity index (χ2v) is 12.1. The maximum absolute atomic E-state index is 12.7. The Morgan fingerprint density at radius 1 is 0.548 bits per heavy atom. The van der Waals surface area contributed by atoms with Gasteiger partial charge in [0.05, 0.1) is 0 Å². The van der Waals surface area contributed by atoms with Crippen molar-refractivity contribution in [3.63, 3.8) is 0 Å². The third-order valence-corrected chi connectivity index (χ3v) is 9.10. The summed E-state index contributed by atoms with van der Waals surface area (Å²) in [7, 11) is 0. The molecule has 0 heterocycles. The molecule has 0 saturated heterocycles. The summed E-state index contributed by atoms with van der Waals surface area (Å²) in [5.41, 5.74) is 1.16. The zero-order valence-corrected chi connectivity index (χ0v) is 21.4. The zero-order valence-electron chi connectivity index (χ0n) is 19.3. The van der Waals surface area contributed by atoms with Crippen molar-refractivity contribution in [3.05, 3.63) is 54.1 Å². The summed E-state index contributed by atoms with van der Waals surface area (Å²) in [6, 6.07) is 15.4. The molecule has 2 aromatic carbocycles. The van der Waals surface area contributed by atoms with Crippen LogP contribution in [0.4, 0.5) is 0 Å². The van der Waals surface area contributed by atoms with Crippen molar-refractivity contribution in [3.8, 4) is 0 Å². The summed E-state index contributed by atoms with van der Waals surface area (Å²) in [5, 5.41) is 0.758. The second kappa shape index (κ2) is 15.8. The van der Waals surface area contributed by atoms with E-state index in [4.69, 9.17) is 0 Å². The van der Waals surface area contributed by atoms with E-state index < -0.39 is 27.2 Å². The minimum absolute atomic E-state index is 0.758. The van der Waals surface area contributed by atoms with Gasteiger partial charge < -0.3 is 0 Å². The molecular weight excluding hydrogens is 474 g/mol. The van der Waals surface area contributed by atoms with E-state index in [-0.39, 0.29) is 0 Å². The van der Waals surface area contributed by atoms with Gasteiger partial charge in [0.1, 0.15) is 0 Å². The Morgan fingerprint density at radius 2 is 0.935 bits per heavy atom. The van der Waals surface area contributed by atoms with E-state index in [2.05, 4.69) is 6.92 Å². The second-order valence-electron chi connectivity index (χ2n) is 8.21. The molecule has 31 heavy (non-hydrogen) atoms. The van der Waals surface area contributed by atoms with Crippen molar-refractivity contribution in [2.24, 2.45) is 0 Å². The molecule has 4 heteroatoms. The van der Waals surface area contributed by atoms with E-state index >= 15 is 0 Å². The minimum atomic E-state index is -1.56. The van der Waals surface area contributed by atoms with Crippen LogP contribution in [0.5, 0.6) is 0 Å². The van der Waals surface area contributed by atoms with Crippen molar-refractivity contribution < 1.29 is 34.9 Å². The van der Waals surface area contributed by atoms with Gasteiger partial charge >= 0.3 is 185 Å². The fraction of sp³-hybridized carbons (Fsp3) is 0.556. The van der Waals surface area contributed by atoms with Gasteiger partial charge in [-0.2, -0.15) is 0 Å². The van der Waals surface area contributed by atoms with Crippen molar-refractivity contribution in [2.75, 3.05) is 0 Å². The van der Waals surface area contributed by atoms with Gasteiger partial charge in [0, 0.05) is 0 Å². The zero-order chi connectivity index (χ0) is 22.3. The Labute approximate surface area is 198 Å². The summed E-state index contributed by atoms with van der Waals surface area (Å²) in [6.45, 7) is 4.29. The Balaban J connectivity index is 1.59. The van der Waals surface area contributed by atoms with E-state index in [1.807, 2.05) is 55.5 Å². The standard InChI is InChI=1S/C14H29.C7H7.C6H4.2Co.2O/c1-3-5-7-9-11-13-14-12-10-8-6-4-2;1-7-5-3-2-4-6-7;1-2-4-6-5-3-1;;;;/h1,3-14H2,2H3;3-6H,1H3;1-2,5-6H;;;;. The molecule has 0 N–H and O–H groups in total. The predicted octanol–water partition coefficient (Wildman–Crippen LogP) is 6.62. The fourth-order valence-electron chi connectivity index (χ4n) is 3.50. The molecule has 2 aromatic rings. The molecular formula is C27H40Co2O2. The Morgan fingerprint density at radius 3 is 1.42 bits per heavy atom. The number of unbranched alkanes of at least 4 members (excludes halogenated alkanes) is 11. The average molecular weight is 514 g/mol. The van der Waals surface area contributed by atoms with Gasteiger partial charge in [-0.15, -0.1) is 0 Å². The van der Waals surface area contributed by atoms with Gasteiger partial charge in [0.15, 0.2) is 0 Å². The van der Waals surface area contributed by atoms with Gasteiger partial charge in [0.2, 0.25) is 0 Å². The summed E-state index contributed by atoms with van der Waals surface area (Å²) in [4.78, 5) is 0. The van der Waals surface area contributed by atoms with Crippen molar-refractivity contribution in [1.82, 2.24) is 0 Å². The van der Waals surface area contributed by atoms with Gasteiger partial charge in [-0.3, -0.25) is 0 Å². The Hall–Kier alpha value is -0.947. The van der Waals surface area contributed by atoms with Crippen molar-refractivity contribution in [2.45, 2.75) is 96.3 Å². The summed E-state index contributed by atoms with van der Waals surface area (Å²) in [6.07, 6.45) is 15.8. The third-order valence-electron chi connectivity index (χ3n) is 5.46. The van der Waals surface area contributed by atoms with Gasteiger partial charge in [0.25, 0.3) is 0 Å². The molecule has 0 saturated carbocycles. The average Bonchev–Trinajstić information content (AvgIpc) is 2.80. The SMILES string of the molecule is CCCCCCCCCCCCC[CH2][Co](=[O])[c]1cc[c]([Co](=[O])[c]2ccc(C)cc2)cc1. The van der Waals surface area contributed by atoms with Gasteiger partial charge in [-0.1, -0.05) is 13.3 Å². The van der Waals surface area contributed by atoms with Crippen LogP contribution in [0.1, 0.15) is 89.5 Å². The Kier molecular flexibility index (Phi) is 13.4. The van der Waals surface area contributed by atoms with Crippen LogP contribution >= 0.6 is 0 Å². The monoisotopic (exact) mass is 514 g/mol. The first-order chi connectivity index (χ1) is 15.1. The van der Waals surface area contributed by atoms with Gasteiger partial charge in [-0.25, -0.2) is 0 Å². The summed E-state index contributed by atoms with van der Waals surface area (Å²) < 4.78 is 27.8. The first kappa shape index (κ1) is 26.3. The molecule has 0 aromatic heterocycles. The number of hydrogen-bond acceptors (Lipinski definition) is 2. The van der Waals surface area contributed by atoms with Crippen LogP contribution in [0, 0.1) is 6.92 Å². The molecule has 0 radical (unpaired) electrons. The number of hydrogen-bond donors (Lipinski definition) is 0. The van der Waals surface area contributed by atoms with Crippen LogP contribution in [0.2, 0.25) is 5.36 Å². The number of rotatable bonds is 16. The molecule has 2 rings (SSSR count). The molecule has 0 spiro atoms. The molecule has 0 fully saturated rings. The van der Waals surface area contributed by atoms with Crippen LogP contribution in [0.3, 0.4) is 0 Å². The molecule has 0 unspecified atom stereocenters. The van der Waals surface area contributed by atoms with Crippen molar-refractivity contribution in [1.29, 1.82) is 0 Å². The van der Waals surface area contributed by atoms with E-state index in [9.17, 15) is 7.73 Å². The number of aryl methyl sites for hydroxylation is 1. The van der Waals surface area contributed by atoms with Crippen LogP contribution in [0.15, 0.2) is 48.5 Å². The molecule has 0 aliphatic heterocycles. The van der Waals surface area contributed by atoms with Crippen LogP contribution in [-0.2, 0) is 34.9 Å². The van der Waals surface area contributed by atoms with E-state index in [1.165, 1.54) is 70.6 Å². The quantitative estimate of drug-likeness (QED) is 0.236. The fourth-order valence-corrected chi connectivity index (χ4v) is 6.28. The maximum atomic E-state index is 12.7. The predicted molar refractivity (Wildman–Crippen MR) is 124 cm³/mol. The Bertz CT molecular complexity index is 782. The molecule has 0 amide bonds. The first-order valence-electron chi connectivity index (χ1n) is 11.9. The molecule has 0 atom stereocenters. The molecule has 2 nitrogen and oxygen atoms in total. The molecule has 0 bridgehead atoms. The molecule has 0 aliphatic rings. The molecule has 178 valence electrons. The van der Waals surface area contributed by atoms with Crippen LogP contribution in [0.25, 0.3) is 0 Å². The third kappa shape index (κ3) is 10.5.